The molecule has 0 aliphatic rings. The zero-order chi connectivity index (χ0) is 20.7. The molecule has 4 rings (SSSR count). The number of methoxy groups -OCH3 is 1. The molecule has 0 spiro atoms. The molecule has 2 heterocycles. The average Bonchev–Trinajstić information content (AvgIpc) is 3.29. The van der Waals surface area contributed by atoms with E-state index in [1.807, 2.05) is 30.5 Å². The molecular formula is C20H17N3O4S2. The summed E-state index contributed by atoms with van der Waals surface area (Å²) in [4.78, 5) is 28.8. The zero-order valence-corrected chi connectivity index (χ0v) is 17.6. The van der Waals surface area contributed by atoms with Gasteiger partial charge in [-0.1, -0.05) is 17.4 Å². The van der Waals surface area contributed by atoms with Gasteiger partial charge in [0.2, 0.25) is 0 Å². The van der Waals surface area contributed by atoms with Gasteiger partial charge in [-0.3, -0.25) is 14.9 Å². The monoisotopic (exact) mass is 427 g/mol. The number of nitro benzene ring substituents is 1. The van der Waals surface area contributed by atoms with Crippen LogP contribution >= 0.6 is 22.7 Å². The van der Waals surface area contributed by atoms with Crippen molar-refractivity contribution in [1.82, 2.24) is 4.57 Å². The van der Waals surface area contributed by atoms with Gasteiger partial charge in [0.25, 0.3) is 11.6 Å². The highest BCUT2D eigenvalue weighted by Crippen LogP contribution is 2.31. The molecule has 0 atom stereocenters. The summed E-state index contributed by atoms with van der Waals surface area (Å²) in [5, 5.41) is 11.6. The van der Waals surface area contributed by atoms with Crippen LogP contribution in [0.25, 0.3) is 20.3 Å². The molecule has 0 aliphatic heterocycles. The quantitative estimate of drug-likeness (QED) is 0.342. The van der Waals surface area contributed by atoms with Gasteiger partial charge in [0, 0.05) is 28.8 Å². The maximum Gasteiger partial charge on any atom is 0.289 e. The maximum atomic E-state index is 12.9. The van der Waals surface area contributed by atoms with E-state index in [-0.39, 0.29) is 11.6 Å². The SMILES string of the molecule is CCn1c(=NC(=O)c2cc3cc([N+](=O)[O-])ccc3s2)sc2c(C)ccc(OC)c21. The summed E-state index contributed by atoms with van der Waals surface area (Å²) in [6, 6.07) is 10.1. The molecule has 7 nitrogen and oxygen atoms in total. The molecule has 2 aromatic carbocycles. The highest BCUT2D eigenvalue weighted by atomic mass is 32.1. The summed E-state index contributed by atoms with van der Waals surface area (Å²) in [5.41, 5.74) is 2.02. The van der Waals surface area contributed by atoms with Crippen molar-refractivity contribution >= 4 is 54.6 Å². The number of thiophene rings is 1. The first-order chi connectivity index (χ1) is 13.9. The molecule has 0 fully saturated rings. The second-order valence-electron chi connectivity index (χ2n) is 6.40. The van der Waals surface area contributed by atoms with Gasteiger partial charge in [0.15, 0.2) is 4.80 Å². The summed E-state index contributed by atoms with van der Waals surface area (Å²) >= 11 is 2.73. The molecule has 0 unspecified atom stereocenters. The number of benzene rings is 2. The minimum atomic E-state index is -0.444. The topological polar surface area (TPSA) is 86.7 Å². The molecule has 4 aromatic rings. The first-order valence-corrected chi connectivity index (χ1v) is 10.5. The van der Waals surface area contributed by atoms with E-state index in [0.29, 0.717) is 21.6 Å². The number of hydrogen-bond acceptors (Lipinski definition) is 6. The van der Waals surface area contributed by atoms with Crippen LogP contribution in [0.3, 0.4) is 0 Å². The maximum absolute atomic E-state index is 12.9. The number of amides is 1. The highest BCUT2D eigenvalue weighted by molar-refractivity contribution is 7.21. The lowest BCUT2D eigenvalue weighted by molar-refractivity contribution is -0.384. The number of ether oxygens (including phenoxy) is 1. The number of aromatic nitrogens is 1. The molecule has 0 saturated carbocycles. The molecule has 2 aromatic heterocycles. The van der Waals surface area contributed by atoms with Gasteiger partial charge in [0.05, 0.1) is 21.6 Å². The molecule has 29 heavy (non-hydrogen) atoms. The predicted octanol–water partition coefficient (Wildman–Crippen LogP) is 4.90. The number of fused-ring (bicyclic) bond motifs is 2. The van der Waals surface area contributed by atoms with Crippen molar-refractivity contribution in [2.24, 2.45) is 4.99 Å². The molecule has 0 N–H and O–H groups in total. The fraction of sp³-hybridized carbons (Fsp3) is 0.200. The van der Waals surface area contributed by atoms with Crippen molar-refractivity contribution in [3.63, 3.8) is 0 Å². The second kappa shape index (κ2) is 7.41. The Morgan fingerprint density at radius 2 is 2.03 bits per heavy atom. The number of nitrogens with zero attached hydrogens (tertiary/aromatic N) is 3. The third-order valence-electron chi connectivity index (χ3n) is 4.64. The number of thiazole rings is 1. The molecular weight excluding hydrogens is 410 g/mol. The fourth-order valence-corrected chi connectivity index (χ4v) is 5.32. The van der Waals surface area contributed by atoms with Crippen LogP contribution in [0.1, 0.15) is 22.2 Å². The lowest BCUT2D eigenvalue weighted by Gasteiger charge is -2.07. The molecule has 0 aliphatic carbocycles. The molecule has 1 amide bonds. The van der Waals surface area contributed by atoms with Crippen LogP contribution < -0.4 is 9.54 Å². The number of hydrogen-bond donors (Lipinski definition) is 0. The summed E-state index contributed by atoms with van der Waals surface area (Å²) in [7, 11) is 1.63. The summed E-state index contributed by atoms with van der Waals surface area (Å²) in [6.45, 7) is 4.66. The number of carbonyl (C=O) groups is 1. The first-order valence-electron chi connectivity index (χ1n) is 8.87. The molecule has 0 saturated heterocycles. The van der Waals surface area contributed by atoms with Gasteiger partial charge < -0.3 is 9.30 Å². The molecule has 148 valence electrons. The minimum absolute atomic E-state index is 0.00198. The number of nitro groups is 1. The van der Waals surface area contributed by atoms with E-state index in [0.717, 1.165) is 26.2 Å². The highest BCUT2D eigenvalue weighted by Gasteiger charge is 2.16. The van der Waals surface area contributed by atoms with Crippen LogP contribution in [0.2, 0.25) is 0 Å². The van der Waals surface area contributed by atoms with E-state index in [2.05, 4.69) is 4.99 Å². The standard InChI is InChI=1S/C20H17N3O4S2/c1-4-22-17-14(27-3)7-5-11(2)18(17)29-20(22)21-19(24)16-10-12-9-13(23(25)26)6-8-15(12)28-16/h5-10H,4H2,1-3H3. The number of non-ortho nitro benzene ring substituents is 1. The van der Waals surface area contributed by atoms with Crippen LogP contribution in [0.15, 0.2) is 41.4 Å². The fourth-order valence-electron chi connectivity index (χ4n) is 3.21. The Hall–Kier alpha value is -3.04. The zero-order valence-electron chi connectivity index (χ0n) is 16.0. The van der Waals surface area contributed by atoms with Crippen molar-refractivity contribution < 1.29 is 14.5 Å². The Kier molecular flexibility index (Phi) is 4.93. The normalized spacial score (nSPS) is 12.0. The third-order valence-corrected chi connectivity index (χ3v) is 6.96. The molecule has 0 bridgehead atoms. The molecule has 9 heteroatoms. The Morgan fingerprint density at radius 3 is 2.72 bits per heavy atom. The Bertz CT molecular complexity index is 1350. The lowest BCUT2D eigenvalue weighted by atomic mass is 10.2. The Balaban J connectivity index is 1.85. The van der Waals surface area contributed by atoms with E-state index < -0.39 is 4.92 Å². The van der Waals surface area contributed by atoms with Crippen molar-refractivity contribution in [2.45, 2.75) is 20.4 Å². The summed E-state index contributed by atoms with van der Waals surface area (Å²) in [6.07, 6.45) is 0. The van der Waals surface area contributed by atoms with Crippen LogP contribution in [0, 0.1) is 17.0 Å². The number of rotatable bonds is 4. The summed E-state index contributed by atoms with van der Waals surface area (Å²) in [5.74, 6) is 0.381. The Morgan fingerprint density at radius 1 is 1.24 bits per heavy atom. The average molecular weight is 428 g/mol. The van der Waals surface area contributed by atoms with Crippen molar-refractivity contribution in [3.05, 3.63) is 61.8 Å². The lowest BCUT2D eigenvalue weighted by Crippen LogP contribution is -2.15. The van der Waals surface area contributed by atoms with Gasteiger partial charge in [-0.2, -0.15) is 4.99 Å². The largest absolute Gasteiger partial charge is 0.495 e. The first kappa shape index (κ1) is 19.3. The number of carbonyl (C=O) groups excluding carboxylic acids is 1. The van der Waals surface area contributed by atoms with Crippen molar-refractivity contribution in [2.75, 3.05) is 7.11 Å². The summed E-state index contributed by atoms with van der Waals surface area (Å²) < 4.78 is 9.32. The van der Waals surface area contributed by atoms with Crippen LogP contribution in [0.5, 0.6) is 5.75 Å². The van der Waals surface area contributed by atoms with E-state index >= 15 is 0 Å². The van der Waals surface area contributed by atoms with Gasteiger partial charge >= 0.3 is 0 Å². The van der Waals surface area contributed by atoms with E-state index in [9.17, 15) is 14.9 Å². The predicted molar refractivity (Wildman–Crippen MR) is 115 cm³/mol. The third kappa shape index (κ3) is 3.32. The van der Waals surface area contributed by atoms with Gasteiger partial charge in [-0.05, 0) is 37.6 Å². The van der Waals surface area contributed by atoms with Gasteiger partial charge in [-0.15, -0.1) is 11.3 Å². The Labute approximate surface area is 173 Å². The van der Waals surface area contributed by atoms with E-state index in [1.165, 1.54) is 34.8 Å². The van der Waals surface area contributed by atoms with Crippen LogP contribution in [-0.2, 0) is 6.54 Å². The smallest absolute Gasteiger partial charge is 0.289 e. The van der Waals surface area contributed by atoms with Crippen LogP contribution in [-0.4, -0.2) is 22.5 Å². The minimum Gasteiger partial charge on any atom is -0.495 e. The van der Waals surface area contributed by atoms with Crippen LogP contribution in [0.4, 0.5) is 5.69 Å². The number of aryl methyl sites for hydroxylation is 2. The van der Waals surface area contributed by atoms with Crippen molar-refractivity contribution in [3.8, 4) is 5.75 Å². The van der Waals surface area contributed by atoms with Gasteiger partial charge in [-0.25, -0.2) is 0 Å². The van der Waals surface area contributed by atoms with Gasteiger partial charge in [0.1, 0.15) is 11.3 Å². The van der Waals surface area contributed by atoms with Crippen molar-refractivity contribution in [1.29, 1.82) is 0 Å². The molecule has 0 radical (unpaired) electrons. The second-order valence-corrected chi connectivity index (χ2v) is 8.46. The van der Waals surface area contributed by atoms with E-state index in [1.54, 1.807) is 19.2 Å². The van der Waals surface area contributed by atoms with E-state index in [4.69, 9.17) is 4.74 Å².